The highest BCUT2D eigenvalue weighted by Crippen LogP contribution is 2.30. The molecule has 0 spiro atoms. The van der Waals surface area contributed by atoms with Crippen molar-refractivity contribution < 1.29 is 18.1 Å². The van der Waals surface area contributed by atoms with Gasteiger partial charge in [-0.05, 0) is 43.2 Å². The summed E-state index contributed by atoms with van der Waals surface area (Å²) in [5, 5.41) is 6.78. The second-order valence-electron chi connectivity index (χ2n) is 5.81. The third-order valence-corrected chi connectivity index (χ3v) is 4.94. The summed E-state index contributed by atoms with van der Waals surface area (Å²) in [6.45, 7) is 0.466. The first-order valence-electron chi connectivity index (χ1n) is 7.76. The highest BCUT2D eigenvalue weighted by molar-refractivity contribution is 7.15. The molecule has 25 heavy (non-hydrogen) atoms. The Kier molecular flexibility index (Phi) is 4.04. The Labute approximate surface area is 145 Å². The number of hydrogen-bond acceptors (Lipinski definition) is 5. The van der Waals surface area contributed by atoms with Crippen LogP contribution in [0.1, 0.15) is 17.7 Å². The van der Waals surface area contributed by atoms with E-state index in [1.807, 2.05) is 12.1 Å². The van der Waals surface area contributed by atoms with Crippen LogP contribution in [0.15, 0.2) is 34.9 Å². The van der Waals surface area contributed by atoms with E-state index in [2.05, 4.69) is 15.5 Å². The van der Waals surface area contributed by atoms with Crippen LogP contribution in [-0.4, -0.2) is 16.0 Å². The van der Waals surface area contributed by atoms with E-state index in [4.69, 9.17) is 4.52 Å². The Morgan fingerprint density at radius 1 is 1.24 bits per heavy atom. The lowest BCUT2D eigenvalue weighted by molar-refractivity contribution is -0.122. The molecule has 1 N–H and O–H groups in total. The number of amides is 1. The normalized spacial score (nSPS) is 13.8. The van der Waals surface area contributed by atoms with Crippen LogP contribution in [0.4, 0.5) is 8.78 Å². The Bertz CT molecular complexity index is 934. The standard InChI is InChI=1S/C17H13F2N3O2S/c18-12-5-3-10(7-13(12)19)17-21-15(22-24-17)14-6-4-11(25-14)8-20-16(23)9-1-2-9/h3-7,9H,1-2,8H2,(H,20,23). The summed E-state index contributed by atoms with van der Waals surface area (Å²) in [6.07, 6.45) is 1.94. The number of benzene rings is 1. The van der Waals surface area contributed by atoms with Gasteiger partial charge in [-0.25, -0.2) is 8.78 Å². The zero-order chi connectivity index (χ0) is 17.4. The molecule has 4 rings (SSSR count). The van der Waals surface area contributed by atoms with E-state index in [0.29, 0.717) is 17.9 Å². The summed E-state index contributed by atoms with van der Waals surface area (Å²) in [5.41, 5.74) is 0.311. The van der Waals surface area contributed by atoms with Crippen LogP contribution >= 0.6 is 11.3 Å². The van der Waals surface area contributed by atoms with Crippen molar-refractivity contribution in [2.75, 3.05) is 0 Å². The number of hydrogen-bond donors (Lipinski definition) is 1. The molecule has 1 aromatic carbocycles. The van der Waals surface area contributed by atoms with Gasteiger partial charge < -0.3 is 9.84 Å². The molecule has 1 aliphatic carbocycles. The lowest BCUT2D eigenvalue weighted by atomic mass is 10.2. The fraction of sp³-hybridized carbons (Fsp3) is 0.235. The lowest BCUT2D eigenvalue weighted by Crippen LogP contribution is -2.23. The molecule has 0 radical (unpaired) electrons. The molecule has 1 amide bonds. The van der Waals surface area contributed by atoms with E-state index in [9.17, 15) is 13.6 Å². The van der Waals surface area contributed by atoms with Crippen molar-refractivity contribution in [1.82, 2.24) is 15.5 Å². The topological polar surface area (TPSA) is 68.0 Å². The zero-order valence-electron chi connectivity index (χ0n) is 13.0. The number of rotatable bonds is 5. The zero-order valence-corrected chi connectivity index (χ0v) is 13.8. The van der Waals surface area contributed by atoms with Gasteiger partial charge in [0.05, 0.1) is 11.4 Å². The van der Waals surface area contributed by atoms with Crippen LogP contribution in [0, 0.1) is 17.6 Å². The average molecular weight is 361 g/mol. The third-order valence-electron chi connectivity index (χ3n) is 3.86. The Hall–Kier alpha value is -2.61. The van der Waals surface area contributed by atoms with Crippen LogP contribution in [0.25, 0.3) is 22.2 Å². The maximum Gasteiger partial charge on any atom is 0.258 e. The molecular weight excluding hydrogens is 348 g/mol. The minimum atomic E-state index is -0.970. The first-order valence-corrected chi connectivity index (χ1v) is 8.58. The van der Waals surface area contributed by atoms with Crippen LogP contribution in [0.5, 0.6) is 0 Å². The number of nitrogens with one attached hydrogen (secondary N) is 1. The van der Waals surface area contributed by atoms with E-state index in [1.54, 1.807) is 0 Å². The molecule has 0 saturated heterocycles. The molecule has 2 heterocycles. The number of halogens is 2. The molecule has 0 unspecified atom stereocenters. The first-order chi connectivity index (χ1) is 12.1. The van der Waals surface area contributed by atoms with Crippen LogP contribution < -0.4 is 5.32 Å². The predicted molar refractivity (Wildman–Crippen MR) is 87.5 cm³/mol. The number of thiophene rings is 1. The molecule has 1 aliphatic rings. The molecule has 1 fully saturated rings. The lowest BCUT2D eigenvalue weighted by Gasteiger charge is -2.00. The van der Waals surface area contributed by atoms with Crippen molar-refractivity contribution in [2.45, 2.75) is 19.4 Å². The highest BCUT2D eigenvalue weighted by atomic mass is 32.1. The van der Waals surface area contributed by atoms with Gasteiger partial charge in [-0.3, -0.25) is 4.79 Å². The smallest absolute Gasteiger partial charge is 0.258 e. The van der Waals surface area contributed by atoms with Gasteiger partial charge in [0.25, 0.3) is 5.89 Å². The van der Waals surface area contributed by atoms with E-state index in [-0.39, 0.29) is 17.7 Å². The van der Waals surface area contributed by atoms with Crippen molar-refractivity contribution in [3.8, 4) is 22.2 Å². The molecule has 5 nitrogen and oxygen atoms in total. The highest BCUT2D eigenvalue weighted by Gasteiger charge is 2.29. The summed E-state index contributed by atoms with van der Waals surface area (Å²) in [6, 6.07) is 7.13. The molecule has 128 valence electrons. The van der Waals surface area contributed by atoms with Gasteiger partial charge in [0.1, 0.15) is 0 Å². The number of aromatic nitrogens is 2. The van der Waals surface area contributed by atoms with Gasteiger partial charge in [-0.2, -0.15) is 4.98 Å². The van der Waals surface area contributed by atoms with Gasteiger partial charge in [0, 0.05) is 16.4 Å². The fourth-order valence-electron chi connectivity index (χ4n) is 2.33. The molecular formula is C17H13F2N3O2S. The van der Waals surface area contributed by atoms with Crippen molar-refractivity contribution in [1.29, 1.82) is 0 Å². The molecule has 2 aromatic heterocycles. The average Bonchev–Trinajstić information content (AvgIpc) is 3.16. The van der Waals surface area contributed by atoms with E-state index in [0.717, 1.165) is 34.7 Å². The molecule has 3 aromatic rings. The number of carbonyl (C=O) groups excluding carboxylic acids is 1. The second kappa shape index (κ2) is 6.36. The predicted octanol–water partition coefficient (Wildman–Crippen LogP) is 3.77. The van der Waals surface area contributed by atoms with Crippen LogP contribution in [0.2, 0.25) is 0 Å². The van der Waals surface area contributed by atoms with E-state index >= 15 is 0 Å². The Morgan fingerprint density at radius 3 is 2.84 bits per heavy atom. The van der Waals surface area contributed by atoms with Crippen molar-refractivity contribution >= 4 is 17.2 Å². The largest absolute Gasteiger partial charge is 0.351 e. The third kappa shape index (κ3) is 3.43. The number of carbonyl (C=O) groups is 1. The van der Waals surface area contributed by atoms with Crippen LogP contribution in [0.3, 0.4) is 0 Å². The number of nitrogens with zero attached hydrogens (tertiary/aromatic N) is 2. The molecule has 8 heteroatoms. The molecule has 1 saturated carbocycles. The SMILES string of the molecule is O=C(NCc1ccc(-c2noc(-c3ccc(F)c(F)c3)n2)s1)C1CC1. The second-order valence-corrected chi connectivity index (χ2v) is 6.98. The van der Waals surface area contributed by atoms with E-state index in [1.165, 1.54) is 17.4 Å². The van der Waals surface area contributed by atoms with Gasteiger partial charge in [-0.15, -0.1) is 11.3 Å². The molecule has 0 bridgehead atoms. The molecule has 0 aliphatic heterocycles. The quantitative estimate of drug-likeness (QED) is 0.751. The van der Waals surface area contributed by atoms with Gasteiger partial charge in [0.2, 0.25) is 11.7 Å². The molecule has 0 atom stereocenters. The summed E-state index contributed by atoms with van der Waals surface area (Å²) < 4.78 is 31.4. The maximum atomic E-state index is 13.3. The summed E-state index contributed by atoms with van der Waals surface area (Å²) >= 11 is 1.44. The van der Waals surface area contributed by atoms with Gasteiger partial charge in [0.15, 0.2) is 11.6 Å². The maximum absolute atomic E-state index is 13.3. The van der Waals surface area contributed by atoms with Crippen LogP contribution in [-0.2, 0) is 11.3 Å². The van der Waals surface area contributed by atoms with Gasteiger partial charge in [-0.1, -0.05) is 5.16 Å². The Morgan fingerprint density at radius 2 is 2.08 bits per heavy atom. The van der Waals surface area contributed by atoms with Crippen molar-refractivity contribution in [3.63, 3.8) is 0 Å². The van der Waals surface area contributed by atoms with Crippen molar-refractivity contribution in [3.05, 3.63) is 46.8 Å². The summed E-state index contributed by atoms with van der Waals surface area (Å²) in [5.74, 6) is -1.15. The van der Waals surface area contributed by atoms with E-state index < -0.39 is 11.6 Å². The minimum Gasteiger partial charge on any atom is -0.351 e. The Balaban J connectivity index is 1.48. The summed E-state index contributed by atoms with van der Waals surface area (Å²) in [7, 11) is 0. The van der Waals surface area contributed by atoms with Gasteiger partial charge >= 0.3 is 0 Å². The fourth-order valence-corrected chi connectivity index (χ4v) is 3.20. The monoisotopic (exact) mass is 361 g/mol. The minimum absolute atomic E-state index is 0.0927. The van der Waals surface area contributed by atoms with Crippen molar-refractivity contribution in [2.24, 2.45) is 5.92 Å². The first kappa shape index (κ1) is 15.9. The summed E-state index contributed by atoms with van der Waals surface area (Å²) in [4.78, 5) is 17.6.